The maximum atomic E-state index is 12.5. The molecule has 0 aromatic heterocycles. The van der Waals surface area contributed by atoms with E-state index in [2.05, 4.69) is 5.32 Å². The lowest BCUT2D eigenvalue weighted by atomic mass is 10.1. The van der Waals surface area contributed by atoms with Crippen molar-refractivity contribution in [3.63, 3.8) is 0 Å². The van der Waals surface area contributed by atoms with Crippen molar-refractivity contribution in [3.05, 3.63) is 53.6 Å². The molecule has 132 valence electrons. The Labute approximate surface area is 146 Å². The molecule has 0 unspecified atom stereocenters. The van der Waals surface area contributed by atoms with Crippen LogP contribution in [0.5, 0.6) is 11.5 Å². The van der Waals surface area contributed by atoms with Gasteiger partial charge in [0.15, 0.2) is 21.3 Å². The molecule has 0 atom stereocenters. The zero-order valence-corrected chi connectivity index (χ0v) is 14.6. The highest BCUT2D eigenvalue weighted by Crippen LogP contribution is 2.32. The number of hydrogen-bond donors (Lipinski definition) is 1. The van der Waals surface area contributed by atoms with Crippen LogP contribution >= 0.6 is 0 Å². The van der Waals surface area contributed by atoms with Crippen LogP contribution in [-0.4, -0.2) is 26.9 Å². The number of benzene rings is 2. The van der Waals surface area contributed by atoms with Crippen molar-refractivity contribution in [2.24, 2.45) is 0 Å². The van der Waals surface area contributed by atoms with E-state index >= 15 is 0 Å². The molecule has 3 rings (SSSR count). The third-order valence-corrected chi connectivity index (χ3v) is 5.80. The largest absolute Gasteiger partial charge is 0.454 e. The molecule has 7 heteroatoms. The molecule has 1 aliphatic heterocycles. The third-order valence-electron chi connectivity index (χ3n) is 3.83. The van der Waals surface area contributed by atoms with Crippen LogP contribution in [0, 0.1) is 0 Å². The molecule has 0 saturated carbocycles. The molecule has 2 aromatic rings. The van der Waals surface area contributed by atoms with Crippen LogP contribution in [0.1, 0.15) is 29.3 Å². The number of ether oxygens (including phenoxy) is 2. The molecule has 1 heterocycles. The summed E-state index contributed by atoms with van der Waals surface area (Å²) in [5.74, 6) is 0.899. The molecule has 6 nitrogen and oxygen atoms in total. The van der Waals surface area contributed by atoms with Crippen LogP contribution in [-0.2, 0) is 16.4 Å². The van der Waals surface area contributed by atoms with Crippen LogP contribution in [0.4, 0.5) is 0 Å². The number of amides is 1. The van der Waals surface area contributed by atoms with Gasteiger partial charge in [-0.15, -0.1) is 0 Å². The highest BCUT2D eigenvalue weighted by Gasteiger charge is 2.21. The van der Waals surface area contributed by atoms with Gasteiger partial charge < -0.3 is 14.8 Å². The van der Waals surface area contributed by atoms with Gasteiger partial charge in [0.05, 0.1) is 16.2 Å². The van der Waals surface area contributed by atoms with Gasteiger partial charge in [0.25, 0.3) is 5.91 Å². The molecule has 25 heavy (non-hydrogen) atoms. The average molecular weight is 361 g/mol. The number of rotatable bonds is 6. The minimum absolute atomic E-state index is 0.0133. The molecule has 0 spiro atoms. The Hall–Kier alpha value is -2.54. The molecular formula is C18H19NO5S. The monoisotopic (exact) mass is 361 g/mol. The van der Waals surface area contributed by atoms with Crippen molar-refractivity contribution in [1.82, 2.24) is 5.32 Å². The number of sulfone groups is 1. The topological polar surface area (TPSA) is 81.7 Å². The lowest BCUT2D eigenvalue weighted by molar-refractivity contribution is 0.0947. The fourth-order valence-electron chi connectivity index (χ4n) is 2.63. The predicted octanol–water partition coefficient (Wildman–Crippen LogP) is 2.53. The van der Waals surface area contributed by atoms with E-state index in [9.17, 15) is 13.2 Å². The first kappa shape index (κ1) is 17.3. The lowest BCUT2D eigenvalue weighted by Crippen LogP contribution is -2.25. The van der Waals surface area contributed by atoms with E-state index in [0.717, 1.165) is 5.56 Å². The van der Waals surface area contributed by atoms with Crippen LogP contribution in [0.25, 0.3) is 0 Å². The van der Waals surface area contributed by atoms with Crippen LogP contribution < -0.4 is 14.8 Å². The molecule has 0 fully saturated rings. The summed E-state index contributed by atoms with van der Waals surface area (Å²) in [6, 6.07) is 11.7. The van der Waals surface area contributed by atoms with Crippen molar-refractivity contribution in [1.29, 1.82) is 0 Å². The average Bonchev–Trinajstić information content (AvgIpc) is 3.07. The Balaban J connectivity index is 1.76. The molecule has 0 radical (unpaired) electrons. The van der Waals surface area contributed by atoms with E-state index in [1.807, 2.05) is 6.07 Å². The number of nitrogens with one attached hydrogen (secondary N) is 1. The standard InChI is InChI=1S/C18H19NO5S/c1-2-9-25(21,22)17-6-4-3-5-14(17)18(20)19-11-13-7-8-15-16(10-13)24-12-23-15/h3-8,10H,2,9,11-12H2,1H3,(H,19,20). The highest BCUT2D eigenvalue weighted by atomic mass is 32.2. The summed E-state index contributed by atoms with van der Waals surface area (Å²) >= 11 is 0. The van der Waals surface area contributed by atoms with Crippen LogP contribution in [0.2, 0.25) is 0 Å². The Morgan fingerprint density at radius 2 is 1.88 bits per heavy atom. The van der Waals surface area contributed by atoms with Gasteiger partial charge in [0.1, 0.15) is 0 Å². The Morgan fingerprint density at radius 1 is 1.12 bits per heavy atom. The maximum Gasteiger partial charge on any atom is 0.252 e. The number of fused-ring (bicyclic) bond motifs is 1. The van der Waals surface area contributed by atoms with Crippen molar-refractivity contribution in [2.75, 3.05) is 12.5 Å². The molecule has 1 amide bonds. The molecule has 0 saturated heterocycles. The zero-order chi connectivity index (χ0) is 17.9. The molecule has 2 aromatic carbocycles. The third kappa shape index (κ3) is 3.76. The molecule has 0 aliphatic carbocycles. The molecular weight excluding hydrogens is 342 g/mol. The van der Waals surface area contributed by atoms with E-state index in [0.29, 0.717) is 17.9 Å². The quantitative estimate of drug-likeness (QED) is 0.855. The minimum atomic E-state index is -3.47. The van der Waals surface area contributed by atoms with Gasteiger partial charge in [-0.25, -0.2) is 8.42 Å². The zero-order valence-electron chi connectivity index (χ0n) is 13.8. The van der Waals surface area contributed by atoms with Gasteiger partial charge in [0, 0.05) is 6.54 Å². The van der Waals surface area contributed by atoms with Gasteiger partial charge in [0.2, 0.25) is 6.79 Å². The SMILES string of the molecule is CCCS(=O)(=O)c1ccccc1C(=O)NCc1ccc2c(c1)OCO2. The first-order valence-corrected chi connectivity index (χ1v) is 9.65. The first-order chi connectivity index (χ1) is 12.0. The summed E-state index contributed by atoms with van der Waals surface area (Å²) in [6.45, 7) is 2.24. The summed E-state index contributed by atoms with van der Waals surface area (Å²) in [5.41, 5.74) is 1.00. The number of carbonyl (C=O) groups excluding carboxylic acids is 1. The minimum Gasteiger partial charge on any atom is -0.454 e. The summed E-state index contributed by atoms with van der Waals surface area (Å²) < 4.78 is 35.3. The van der Waals surface area contributed by atoms with Gasteiger partial charge in [-0.3, -0.25) is 4.79 Å². The van der Waals surface area contributed by atoms with Crippen LogP contribution in [0.15, 0.2) is 47.4 Å². The predicted molar refractivity (Wildman–Crippen MR) is 92.5 cm³/mol. The summed E-state index contributed by atoms with van der Waals surface area (Å²) in [5, 5.41) is 2.76. The van der Waals surface area contributed by atoms with Crippen molar-refractivity contribution in [2.45, 2.75) is 24.8 Å². The van der Waals surface area contributed by atoms with E-state index in [1.165, 1.54) is 12.1 Å². The number of carbonyl (C=O) groups is 1. The molecule has 1 N–H and O–H groups in total. The Kier molecular flexibility index (Phi) is 4.94. The summed E-state index contributed by atoms with van der Waals surface area (Å²) in [6.07, 6.45) is 0.496. The summed E-state index contributed by atoms with van der Waals surface area (Å²) in [4.78, 5) is 12.6. The molecule has 1 aliphatic rings. The van der Waals surface area contributed by atoms with Crippen LogP contribution in [0.3, 0.4) is 0 Å². The van der Waals surface area contributed by atoms with Gasteiger partial charge >= 0.3 is 0 Å². The second kappa shape index (κ2) is 7.14. The smallest absolute Gasteiger partial charge is 0.252 e. The van der Waals surface area contributed by atoms with Crippen molar-refractivity contribution < 1.29 is 22.7 Å². The lowest BCUT2D eigenvalue weighted by Gasteiger charge is -2.11. The fourth-order valence-corrected chi connectivity index (χ4v) is 4.17. The van der Waals surface area contributed by atoms with E-state index < -0.39 is 15.7 Å². The molecule has 0 bridgehead atoms. The second-order valence-corrected chi connectivity index (χ2v) is 7.76. The number of hydrogen-bond acceptors (Lipinski definition) is 5. The fraction of sp³-hybridized carbons (Fsp3) is 0.278. The highest BCUT2D eigenvalue weighted by molar-refractivity contribution is 7.91. The van der Waals surface area contributed by atoms with Crippen molar-refractivity contribution >= 4 is 15.7 Å². The Bertz CT molecular complexity index is 892. The van der Waals surface area contributed by atoms with E-state index in [-0.39, 0.29) is 29.5 Å². The maximum absolute atomic E-state index is 12.5. The van der Waals surface area contributed by atoms with Gasteiger partial charge in [-0.2, -0.15) is 0 Å². The van der Waals surface area contributed by atoms with Gasteiger partial charge in [-0.1, -0.05) is 25.1 Å². The van der Waals surface area contributed by atoms with Crippen molar-refractivity contribution in [3.8, 4) is 11.5 Å². The summed E-state index contributed by atoms with van der Waals surface area (Å²) in [7, 11) is -3.47. The first-order valence-electron chi connectivity index (χ1n) is 8.00. The normalized spacial score (nSPS) is 12.8. The Morgan fingerprint density at radius 3 is 2.68 bits per heavy atom. The van der Waals surface area contributed by atoms with Gasteiger partial charge in [-0.05, 0) is 36.2 Å². The van der Waals surface area contributed by atoms with E-state index in [4.69, 9.17) is 9.47 Å². The second-order valence-electron chi connectivity index (χ2n) is 5.69. The van der Waals surface area contributed by atoms with E-state index in [1.54, 1.807) is 31.2 Å².